The first-order valence-electron chi connectivity index (χ1n) is 9.50. The van der Waals surface area contributed by atoms with E-state index < -0.39 is 0 Å². The lowest BCUT2D eigenvalue weighted by Crippen LogP contribution is -2.42. The van der Waals surface area contributed by atoms with Crippen molar-refractivity contribution in [3.8, 4) is 5.75 Å². The Morgan fingerprint density at radius 3 is 2.92 bits per heavy atom. The number of carbonyl (C=O) groups is 2. The molecule has 2 N–H and O–H groups in total. The topological polar surface area (TPSA) is 66.4 Å². The number of benzene rings is 1. The van der Waals surface area contributed by atoms with E-state index in [1.54, 1.807) is 13.1 Å². The number of rotatable bonds is 2. The van der Waals surface area contributed by atoms with Crippen LogP contribution in [0.3, 0.4) is 0 Å². The van der Waals surface area contributed by atoms with Crippen LogP contribution in [0.5, 0.6) is 5.75 Å². The number of aryl methyl sites for hydroxylation is 1. The Morgan fingerprint density at radius 1 is 1.36 bits per heavy atom. The van der Waals surface area contributed by atoms with Crippen molar-refractivity contribution in [2.75, 3.05) is 7.05 Å². The van der Waals surface area contributed by atoms with Gasteiger partial charge in [-0.2, -0.15) is 0 Å². The van der Waals surface area contributed by atoms with E-state index in [4.69, 9.17) is 0 Å². The van der Waals surface area contributed by atoms with Gasteiger partial charge in [-0.05, 0) is 73.1 Å². The molecule has 5 atom stereocenters. The molecule has 0 bridgehead atoms. The molecular weight excluding hydrogens is 314 g/mol. The first-order chi connectivity index (χ1) is 11.9. The van der Waals surface area contributed by atoms with Crippen LogP contribution in [0.4, 0.5) is 0 Å². The second-order valence-electron chi connectivity index (χ2n) is 8.43. The Bertz CT molecular complexity index is 728. The fourth-order valence-corrected chi connectivity index (χ4v) is 6.01. The fourth-order valence-electron chi connectivity index (χ4n) is 6.01. The number of ketones is 1. The molecule has 4 heteroatoms. The Labute approximate surface area is 149 Å². The summed E-state index contributed by atoms with van der Waals surface area (Å²) in [5.41, 5.74) is 2.39. The number of phenolic OH excluding ortho intramolecular Hbond substituents is 1. The second kappa shape index (κ2) is 5.86. The van der Waals surface area contributed by atoms with Gasteiger partial charge in [0.05, 0.1) is 0 Å². The number of nitrogens with one attached hydrogen (secondary N) is 1. The number of hydrogen-bond acceptors (Lipinski definition) is 3. The van der Waals surface area contributed by atoms with Gasteiger partial charge < -0.3 is 10.4 Å². The van der Waals surface area contributed by atoms with Crippen molar-refractivity contribution in [1.29, 1.82) is 0 Å². The van der Waals surface area contributed by atoms with Gasteiger partial charge >= 0.3 is 0 Å². The molecule has 4 nitrogen and oxygen atoms in total. The Balaban J connectivity index is 1.63. The predicted molar refractivity (Wildman–Crippen MR) is 95.3 cm³/mol. The van der Waals surface area contributed by atoms with Crippen molar-refractivity contribution in [3.05, 3.63) is 29.3 Å². The van der Waals surface area contributed by atoms with E-state index >= 15 is 0 Å². The fraction of sp³-hybridized carbons (Fsp3) is 0.619. The minimum atomic E-state index is -0.256. The summed E-state index contributed by atoms with van der Waals surface area (Å²) in [4.78, 5) is 24.9. The van der Waals surface area contributed by atoms with Crippen LogP contribution in [0, 0.1) is 23.2 Å². The average molecular weight is 341 g/mol. The molecule has 0 spiro atoms. The van der Waals surface area contributed by atoms with E-state index in [1.807, 2.05) is 6.07 Å². The quantitative estimate of drug-likeness (QED) is 0.868. The highest BCUT2D eigenvalue weighted by Crippen LogP contribution is 2.61. The summed E-state index contributed by atoms with van der Waals surface area (Å²) in [5, 5.41) is 12.4. The van der Waals surface area contributed by atoms with Crippen LogP contribution in [0.1, 0.15) is 56.1 Å². The molecule has 25 heavy (non-hydrogen) atoms. The zero-order valence-electron chi connectivity index (χ0n) is 15.0. The Kier molecular flexibility index (Phi) is 3.89. The normalized spacial score (nSPS) is 36.3. The minimum Gasteiger partial charge on any atom is -0.508 e. The number of fused-ring (bicyclic) bond motifs is 5. The second-order valence-corrected chi connectivity index (χ2v) is 8.43. The van der Waals surface area contributed by atoms with Gasteiger partial charge in [0.25, 0.3) is 0 Å². The van der Waals surface area contributed by atoms with Gasteiger partial charge in [-0.3, -0.25) is 9.59 Å². The molecule has 2 fully saturated rings. The maximum atomic E-state index is 13.1. The molecule has 134 valence electrons. The molecule has 1 amide bonds. The molecule has 1 aromatic rings. The van der Waals surface area contributed by atoms with Crippen LogP contribution in [0.25, 0.3) is 0 Å². The van der Waals surface area contributed by atoms with Gasteiger partial charge in [-0.15, -0.1) is 0 Å². The maximum absolute atomic E-state index is 13.1. The van der Waals surface area contributed by atoms with Crippen LogP contribution < -0.4 is 5.32 Å². The summed E-state index contributed by atoms with van der Waals surface area (Å²) in [6, 6.07) is 5.79. The smallest absolute Gasteiger partial charge is 0.220 e. The van der Waals surface area contributed by atoms with Crippen molar-refractivity contribution in [1.82, 2.24) is 5.32 Å². The van der Waals surface area contributed by atoms with Crippen molar-refractivity contribution in [2.24, 2.45) is 23.2 Å². The van der Waals surface area contributed by atoms with Crippen molar-refractivity contribution >= 4 is 11.7 Å². The number of amides is 1. The van der Waals surface area contributed by atoms with Crippen LogP contribution in [0.15, 0.2) is 18.2 Å². The molecule has 4 rings (SSSR count). The first kappa shape index (κ1) is 16.6. The van der Waals surface area contributed by atoms with E-state index in [1.165, 1.54) is 11.1 Å². The highest BCUT2D eigenvalue weighted by molar-refractivity contribution is 5.93. The molecule has 0 aromatic heterocycles. The lowest BCUT2D eigenvalue weighted by molar-refractivity contribution is -0.134. The van der Waals surface area contributed by atoms with E-state index in [0.29, 0.717) is 35.7 Å². The Morgan fingerprint density at radius 2 is 2.16 bits per heavy atom. The molecule has 0 saturated heterocycles. The van der Waals surface area contributed by atoms with E-state index in [0.717, 1.165) is 32.1 Å². The molecule has 0 heterocycles. The molecule has 3 aliphatic rings. The largest absolute Gasteiger partial charge is 0.508 e. The zero-order chi connectivity index (χ0) is 17.8. The third kappa shape index (κ3) is 2.49. The average Bonchev–Trinajstić information content (AvgIpc) is 2.85. The lowest BCUT2D eigenvalue weighted by Gasteiger charge is -2.48. The SMILES string of the molecule is CNC(=O)CC1C[C@H]2[C@@H]3CCc4cc(O)ccc4[C@H]3CC[C@]2(C)C1=O. The van der Waals surface area contributed by atoms with Crippen LogP contribution in [-0.4, -0.2) is 23.8 Å². The van der Waals surface area contributed by atoms with Crippen LogP contribution >= 0.6 is 0 Å². The van der Waals surface area contributed by atoms with Crippen LogP contribution in [-0.2, 0) is 16.0 Å². The molecule has 3 aliphatic carbocycles. The zero-order valence-corrected chi connectivity index (χ0v) is 15.0. The third-order valence-electron chi connectivity index (χ3n) is 7.28. The number of phenols is 1. The first-order valence-corrected chi connectivity index (χ1v) is 9.50. The molecule has 1 unspecified atom stereocenters. The summed E-state index contributed by atoms with van der Waals surface area (Å²) in [5.74, 6) is 1.92. The summed E-state index contributed by atoms with van der Waals surface area (Å²) >= 11 is 0. The van der Waals surface area contributed by atoms with Crippen LogP contribution in [0.2, 0.25) is 0 Å². The van der Waals surface area contributed by atoms with Gasteiger partial charge in [-0.1, -0.05) is 13.0 Å². The molecule has 1 aromatic carbocycles. The predicted octanol–water partition coefficient (Wildman–Crippen LogP) is 3.18. The summed E-state index contributed by atoms with van der Waals surface area (Å²) < 4.78 is 0. The number of Topliss-reactive ketones (excluding diaryl/α,β-unsaturated/α-hetero) is 1. The van der Waals surface area contributed by atoms with E-state index in [2.05, 4.69) is 18.3 Å². The van der Waals surface area contributed by atoms with E-state index in [-0.39, 0.29) is 17.2 Å². The minimum absolute atomic E-state index is 0.0263. The summed E-state index contributed by atoms with van der Waals surface area (Å²) in [7, 11) is 1.64. The lowest BCUT2D eigenvalue weighted by atomic mass is 9.55. The summed E-state index contributed by atoms with van der Waals surface area (Å²) in [6.07, 6.45) is 5.21. The molecular formula is C21H27NO3. The van der Waals surface area contributed by atoms with Crippen molar-refractivity contribution < 1.29 is 14.7 Å². The molecule has 0 aliphatic heterocycles. The summed E-state index contributed by atoms with van der Waals surface area (Å²) in [6.45, 7) is 2.15. The van der Waals surface area contributed by atoms with Gasteiger partial charge in [0.1, 0.15) is 11.5 Å². The van der Waals surface area contributed by atoms with Gasteiger partial charge in [-0.25, -0.2) is 0 Å². The number of hydrogen-bond donors (Lipinski definition) is 2. The standard InChI is InChI=1S/C21H27NO3/c1-21-8-7-16-15-6-4-14(23)9-12(15)3-5-17(16)18(21)10-13(20(21)25)11-19(24)22-2/h4,6,9,13,16-18,23H,3,5,7-8,10-11H2,1-2H3,(H,22,24)/t13?,16-,17-,18+,21+/m1/s1. The van der Waals surface area contributed by atoms with Crippen molar-refractivity contribution in [2.45, 2.75) is 51.4 Å². The molecule has 0 radical (unpaired) electrons. The van der Waals surface area contributed by atoms with Gasteiger partial charge in [0.2, 0.25) is 5.91 Å². The maximum Gasteiger partial charge on any atom is 0.220 e. The van der Waals surface area contributed by atoms with Crippen molar-refractivity contribution in [3.63, 3.8) is 0 Å². The van der Waals surface area contributed by atoms with Gasteiger partial charge in [0.15, 0.2) is 0 Å². The van der Waals surface area contributed by atoms with Gasteiger partial charge in [0, 0.05) is 24.8 Å². The highest BCUT2D eigenvalue weighted by Gasteiger charge is 2.58. The monoisotopic (exact) mass is 341 g/mol. The third-order valence-corrected chi connectivity index (χ3v) is 7.28. The number of carbonyl (C=O) groups excluding carboxylic acids is 2. The highest BCUT2D eigenvalue weighted by atomic mass is 16.3. The number of aromatic hydroxyl groups is 1. The van der Waals surface area contributed by atoms with E-state index in [9.17, 15) is 14.7 Å². The Hall–Kier alpha value is -1.84. The molecule has 2 saturated carbocycles.